The summed E-state index contributed by atoms with van der Waals surface area (Å²) in [6.07, 6.45) is 14.2. The molecule has 6 heteroatoms. The van der Waals surface area contributed by atoms with Crippen molar-refractivity contribution >= 4 is 12.3 Å². The number of nitrogens with zero attached hydrogens (tertiary/aromatic N) is 1. The number of carbonyl (C=O) groups excluding carboxylic acids is 1. The summed E-state index contributed by atoms with van der Waals surface area (Å²) in [5.74, 6) is -1.01. The van der Waals surface area contributed by atoms with Gasteiger partial charge in [0.1, 0.15) is 12.3 Å². The Labute approximate surface area is 132 Å². The number of imidazole rings is 1. The molecule has 1 heterocycles. The SMILES string of the molecule is CCCCCCCCCC=O.NC(Cc1c[nH]cn1)C(=O)O. The van der Waals surface area contributed by atoms with E-state index in [0.717, 1.165) is 19.1 Å². The Morgan fingerprint density at radius 3 is 2.45 bits per heavy atom. The average Bonchev–Trinajstić information content (AvgIpc) is 3.00. The molecule has 0 aliphatic carbocycles. The topological polar surface area (TPSA) is 109 Å². The first-order valence-electron chi connectivity index (χ1n) is 8.01. The zero-order valence-electron chi connectivity index (χ0n) is 13.5. The number of rotatable bonds is 11. The number of hydrogen-bond donors (Lipinski definition) is 3. The highest BCUT2D eigenvalue weighted by Crippen LogP contribution is 2.07. The van der Waals surface area contributed by atoms with E-state index in [1.807, 2.05) is 0 Å². The van der Waals surface area contributed by atoms with Crippen LogP contribution in [0.1, 0.15) is 64.0 Å². The molecule has 1 aromatic rings. The maximum Gasteiger partial charge on any atom is 0.320 e. The number of aromatic nitrogens is 2. The predicted octanol–water partition coefficient (Wildman–Crippen LogP) is 2.69. The highest BCUT2D eigenvalue weighted by molar-refractivity contribution is 5.73. The molecule has 126 valence electrons. The number of nitrogens with two attached hydrogens (primary N) is 1. The molecule has 0 amide bonds. The lowest BCUT2D eigenvalue weighted by Gasteiger charge is -2.01. The molecule has 1 aromatic heterocycles. The lowest BCUT2D eigenvalue weighted by Crippen LogP contribution is -2.32. The van der Waals surface area contributed by atoms with Crippen molar-refractivity contribution in [3.63, 3.8) is 0 Å². The zero-order chi connectivity index (χ0) is 16.6. The van der Waals surface area contributed by atoms with Crippen molar-refractivity contribution in [2.45, 2.75) is 70.8 Å². The second kappa shape index (κ2) is 14.3. The number of carboxylic acids is 1. The lowest BCUT2D eigenvalue weighted by atomic mass is 10.1. The molecule has 0 saturated heterocycles. The van der Waals surface area contributed by atoms with E-state index < -0.39 is 12.0 Å². The molecular formula is C16H29N3O3. The number of carbonyl (C=O) groups is 2. The molecule has 22 heavy (non-hydrogen) atoms. The molecule has 0 aromatic carbocycles. The number of hydrogen-bond acceptors (Lipinski definition) is 4. The Balaban J connectivity index is 0.000000401. The predicted molar refractivity (Wildman–Crippen MR) is 86.6 cm³/mol. The van der Waals surface area contributed by atoms with E-state index >= 15 is 0 Å². The largest absolute Gasteiger partial charge is 0.480 e. The minimum absolute atomic E-state index is 0.263. The summed E-state index contributed by atoms with van der Waals surface area (Å²) in [5.41, 5.74) is 5.92. The number of aromatic amines is 1. The maximum atomic E-state index is 10.3. The van der Waals surface area contributed by atoms with E-state index in [9.17, 15) is 9.59 Å². The van der Waals surface area contributed by atoms with Gasteiger partial charge in [0.2, 0.25) is 0 Å². The molecule has 0 saturated carbocycles. The standard InChI is InChI=1S/C10H20O.C6H9N3O2/c1-2-3-4-5-6-7-8-9-10-11;7-5(6(10)11)1-4-2-8-3-9-4/h10H,2-9H2,1H3;2-3,5H,1,7H2,(H,8,9)(H,10,11). The van der Waals surface area contributed by atoms with Gasteiger partial charge in [0.05, 0.1) is 12.0 Å². The summed E-state index contributed by atoms with van der Waals surface area (Å²) in [5, 5.41) is 8.42. The van der Waals surface area contributed by atoms with Gasteiger partial charge in [-0.1, -0.05) is 45.4 Å². The minimum atomic E-state index is -1.01. The van der Waals surface area contributed by atoms with Gasteiger partial charge >= 0.3 is 5.97 Å². The summed E-state index contributed by atoms with van der Waals surface area (Å²) in [4.78, 5) is 26.8. The highest BCUT2D eigenvalue weighted by atomic mass is 16.4. The first kappa shape index (κ1) is 20.3. The highest BCUT2D eigenvalue weighted by Gasteiger charge is 2.12. The summed E-state index contributed by atoms with van der Waals surface area (Å²) in [7, 11) is 0. The Bertz CT molecular complexity index is 380. The van der Waals surface area contributed by atoms with Gasteiger partial charge in [-0.15, -0.1) is 0 Å². The van der Waals surface area contributed by atoms with E-state index in [-0.39, 0.29) is 6.42 Å². The molecule has 0 aliphatic rings. The average molecular weight is 311 g/mol. The van der Waals surface area contributed by atoms with Crippen molar-refractivity contribution < 1.29 is 14.7 Å². The second-order valence-corrected chi connectivity index (χ2v) is 5.29. The fraction of sp³-hybridized carbons (Fsp3) is 0.688. The lowest BCUT2D eigenvalue weighted by molar-refractivity contribution is -0.138. The summed E-state index contributed by atoms with van der Waals surface area (Å²) in [6, 6.07) is -0.863. The smallest absolute Gasteiger partial charge is 0.320 e. The summed E-state index contributed by atoms with van der Waals surface area (Å²) in [6.45, 7) is 2.23. The first-order valence-corrected chi connectivity index (χ1v) is 8.01. The van der Waals surface area contributed by atoms with E-state index in [0.29, 0.717) is 5.69 Å². The number of aliphatic carboxylic acids is 1. The van der Waals surface area contributed by atoms with Gasteiger partial charge in [0.15, 0.2) is 0 Å². The molecule has 1 unspecified atom stereocenters. The molecule has 0 fully saturated rings. The van der Waals surface area contributed by atoms with Crippen LogP contribution in [0, 0.1) is 0 Å². The first-order chi connectivity index (χ1) is 10.6. The molecule has 0 aliphatic heterocycles. The number of nitrogens with one attached hydrogen (secondary N) is 1. The summed E-state index contributed by atoms with van der Waals surface area (Å²) < 4.78 is 0. The molecule has 4 N–H and O–H groups in total. The maximum absolute atomic E-state index is 10.3. The monoisotopic (exact) mass is 311 g/mol. The fourth-order valence-corrected chi connectivity index (χ4v) is 1.90. The Morgan fingerprint density at radius 2 is 1.95 bits per heavy atom. The van der Waals surface area contributed by atoms with Gasteiger partial charge < -0.3 is 20.6 Å². The number of H-pyrrole nitrogens is 1. The molecule has 1 rings (SSSR count). The van der Waals surface area contributed by atoms with Crippen molar-refractivity contribution in [3.8, 4) is 0 Å². The second-order valence-electron chi connectivity index (χ2n) is 5.29. The van der Waals surface area contributed by atoms with Crippen LogP contribution < -0.4 is 5.73 Å². The summed E-state index contributed by atoms with van der Waals surface area (Å²) >= 11 is 0. The van der Waals surface area contributed by atoms with Gasteiger partial charge in [-0.05, 0) is 6.42 Å². The van der Waals surface area contributed by atoms with Crippen molar-refractivity contribution in [1.29, 1.82) is 0 Å². The number of unbranched alkanes of at least 4 members (excludes halogenated alkanes) is 7. The van der Waals surface area contributed by atoms with Crippen LogP contribution >= 0.6 is 0 Å². The van der Waals surface area contributed by atoms with Gasteiger partial charge in [-0.25, -0.2) is 4.98 Å². The van der Waals surface area contributed by atoms with E-state index in [2.05, 4.69) is 16.9 Å². The minimum Gasteiger partial charge on any atom is -0.480 e. The number of carboxylic acid groups (broad SMARTS) is 1. The van der Waals surface area contributed by atoms with E-state index in [4.69, 9.17) is 10.8 Å². The van der Waals surface area contributed by atoms with Crippen LogP contribution in [0.2, 0.25) is 0 Å². The Kier molecular flexibility index (Phi) is 13.2. The molecule has 0 bridgehead atoms. The van der Waals surface area contributed by atoms with Gasteiger partial charge in [0, 0.05) is 19.0 Å². The third kappa shape index (κ3) is 12.1. The van der Waals surface area contributed by atoms with Gasteiger partial charge in [-0.2, -0.15) is 0 Å². The normalized spacial score (nSPS) is 11.4. The van der Waals surface area contributed by atoms with Crippen LogP contribution in [0.3, 0.4) is 0 Å². The molecule has 1 atom stereocenters. The third-order valence-corrected chi connectivity index (χ3v) is 3.23. The molecule has 0 spiro atoms. The van der Waals surface area contributed by atoms with E-state index in [1.54, 1.807) is 6.20 Å². The Hall–Kier alpha value is -1.69. The van der Waals surface area contributed by atoms with Gasteiger partial charge in [-0.3, -0.25) is 4.79 Å². The van der Waals surface area contributed by atoms with Crippen molar-refractivity contribution in [3.05, 3.63) is 18.2 Å². The van der Waals surface area contributed by atoms with Crippen molar-refractivity contribution in [2.24, 2.45) is 5.73 Å². The molecular weight excluding hydrogens is 282 g/mol. The quantitative estimate of drug-likeness (QED) is 0.430. The molecule has 6 nitrogen and oxygen atoms in total. The van der Waals surface area contributed by atoms with Crippen molar-refractivity contribution in [2.75, 3.05) is 0 Å². The van der Waals surface area contributed by atoms with Crippen LogP contribution in [0.25, 0.3) is 0 Å². The zero-order valence-corrected chi connectivity index (χ0v) is 13.5. The van der Waals surface area contributed by atoms with Crippen LogP contribution in [0.15, 0.2) is 12.5 Å². The fourth-order valence-electron chi connectivity index (χ4n) is 1.90. The van der Waals surface area contributed by atoms with E-state index in [1.165, 1.54) is 44.9 Å². The molecule has 0 radical (unpaired) electrons. The number of aldehydes is 1. The van der Waals surface area contributed by atoms with Crippen LogP contribution in [-0.4, -0.2) is 33.4 Å². The van der Waals surface area contributed by atoms with Gasteiger partial charge in [0.25, 0.3) is 0 Å². The van der Waals surface area contributed by atoms with Crippen LogP contribution in [0.5, 0.6) is 0 Å². The van der Waals surface area contributed by atoms with Crippen LogP contribution in [-0.2, 0) is 16.0 Å². The Morgan fingerprint density at radius 1 is 1.32 bits per heavy atom. The third-order valence-electron chi connectivity index (χ3n) is 3.23. The van der Waals surface area contributed by atoms with Crippen molar-refractivity contribution in [1.82, 2.24) is 9.97 Å². The van der Waals surface area contributed by atoms with Crippen LogP contribution in [0.4, 0.5) is 0 Å².